The van der Waals surface area contributed by atoms with Crippen molar-refractivity contribution >= 4 is 17.5 Å². The van der Waals surface area contributed by atoms with E-state index < -0.39 is 6.04 Å². The number of benzene rings is 3. The molecule has 0 aliphatic heterocycles. The average Bonchev–Trinajstić information content (AvgIpc) is 2.85. The van der Waals surface area contributed by atoms with Gasteiger partial charge in [-0.3, -0.25) is 9.59 Å². The number of rotatable bonds is 7. The van der Waals surface area contributed by atoms with Crippen molar-refractivity contribution in [1.82, 2.24) is 15.3 Å². The highest BCUT2D eigenvalue weighted by Crippen LogP contribution is 2.19. The van der Waals surface area contributed by atoms with E-state index in [-0.39, 0.29) is 18.2 Å². The van der Waals surface area contributed by atoms with Crippen LogP contribution in [0.15, 0.2) is 103 Å². The van der Waals surface area contributed by atoms with E-state index >= 15 is 0 Å². The van der Waals surface area contributed by atoms with Crippen molar-refractivity contribution in [2.45, 2.75) is 12.5 Å². The van der Waals surface area contributed by atoms with Crippen molar-refractivity contribution in [1.29, 1.82) is 0 Å². The van der Waals surface area contributed by atoms with E-state index in [1.807, 2.05) is 66.7 Å². The zero-order chi connectivity index (χ0) is 22.2. The van der Waals surface area contributed by atoms with E-state index in [9.17, 15) is 9.59 Å². The van der Waals surface area contributed by atoms with Gasteiger partial charge in [-0.05, 0) is 17.7 Å². The summed E-state index contributed by atoms with van der Waals surface area (Å²) in [5.41, 5.74) is 2.79. The summed E-state index contributed by atoms with van der Waals surface area (Å²) in [6.45, 7) is 0. The fourth-order valence-corrected chi connectivity index (χ4v) is 3.29. The van der Waals surface area contributed by atoms with Crippen LogP contribution in [0.25, 0.3) is 11.4 Å². The van der Waals surface area contributed by atoms with Crippen LogP contribution in [0.2, 0.25) is 0 Å². The van der Waals surface area contributed by atoms with Gasteiger partial charge in [0.25, 0.3) is 5.91 Å². The number of carbonyl (C=O) groups excluding carboxylic acids is 2. The summed E-state index contributed by atoms with van der Waals surface area (Å²) in [5.74, 6) is 0.104. The zero-order valence-corrected chi connectivity index (χ0v) is 17.3. The minimum absolute atomic E-state index is 0.0724. The van der Waals surface area contributed by atoms with Gasteiger partial charge in [-0.15, -0.1) is 0 Å². The molecular formula is C26H22N4O2. The molecule has 1 atom stereocenters. The van der Waals surface area contributed by atoms with Gasteiger partial charge >= 0.3 is 0 Å². The number of nitrogens with one attached hydrogen (secondary N) is 2. The third kappa shape index (κ3) is 5.43. The van der Waals surface area contributed by atoms with Crippen molar-refractivity contribution < 1.29 is 9.59 Å². The van der Waals surface area contributed by atoms with E-state index in [0.29, 0.717) is 17.1 Å². The van der Waals surface area contributed by atoms with Crippen molar-refractivity contribution in [2.24, 2.45) is 0 Å². The normalized spacial score (nSPS) is 11.4. The summed E-state index contributed by atoms with van der Waals surface area (Å²) < 4.78 is 0. The van der Waals surface area contributed by atoms with Gasteiger partial charge in [-0.25, -0.2) is 9.97 Å². The molecule has 6 nitrogen and oxygen atoms in total. The summed E-state index contributed by atoms with van der Waals surface area (Å²) in [5, 5.41) is 5.78. The first-order valence-corrected chi connectivity index (χ1v) is 10.3. The Balaban J connectivity index is 1.45. The monoisotopic (exact) mass is 422 g/mol. The van der Waals surface area contributed by atoms with Crippen LogP contribution >= 0.6 is 0 Å². The SMILES string of the molecule is O=C(CC(NC(=O)c1ccccc1)c1ccccc1)Nc1cnc(-c2ccccc2)nc1. The minimum atomic E-state index is -0.478. The molecule has 1 unspecified atom stereocenters. The fraction of sp³-hybridized carbons (Fsp3) is 0.0769. The lowest BCUT2D eigenvalue weighted by Gasteiger charge is -2.19. The number of anilines is 1. The van der Waals surface area contributed by atoms with Crippen LogP contribution in [0.5, 0.6) is 0 Å². The minimum Gasteiger partial charge on any atom is -0.345 e. The molecule has 0 bridgehead atoms. The van der Waals surface area contributed by atoms with Gasteiger partial charge in [0.15, 0.2) is 5.82 Å². The molecule has 0 fully saturated rings. The fourth-order valence-electron chi connectivity index (χ4n) is 3.29. The Labute approximate surface area is 186 Å². The van der Waals surface area contributed by atoms with Crippen molar-refractivity contribution in [2.75, 3.05) is 5.32 Å². The van der Waals surface area contributed by atoms with E-state index in [4.69, 9.17) is 0 Å². The molecule has 2 N–H and O–H groups in total. The van der Waals surface area contributed by atoms with Crippen LogP contribution in [-0.4, -0.2) is 21.8 Å². The quantitative estimate of drug-likeness (QED) is 0.454. The first-order valence-electron chi connectivity index (χ1n) is 10.3. The van der Waals surface area contributed by atoms with Crippen molar-refractivity contribution in [3.05, 3.63) is 115 Å². The van der Waals surface area contributed by atoms with Gasteiger partial charge in [-0.2, -0.15) is 0 Å². The molecule has 3 aromatic carbocycles. The topological polar surface area (TPSA) is 84.0 Å². The molecule has 158 valence electrons. The molecule has 0 saturated carbocycles. The maximum absolute atomic E-state index is 12.8. The summed E-state index contributed by atoms with van der Waals surface area (Å²) >= 11 is 0. The molecule has 1 aromatic heterocycles. The molecule has 0 aliphatic rings. The van der Waals surface area contributed by atoms with Gasteiger partial charge in [-0.1, -0.05) is 78.9 Å². The van der Waals surface area contributed by atoms with Gasteiger partial charge < -0.3 is 10.6 Å². The van der Waals surface area contributed by atoms with Crippen LogP contribution in [-0.2, 0) is 4.79 Å². The molecule has 0 saturated heterocycles. The zero-order valence-electron chi connectivity index (χ0n) is 17.3. The van der Waals surface area contributed by atoms with Crippen molar-refractivity contribution in [3.8, 4) is 11.4 Å². The molecule has 6 heteroatoms. The Bertz CT molecular complexity index is 1160. The summed E-state index contributed by atoms with van der Waals surface area (Å²) in [6.07, 6.45) is 3.23. The van der Waals surface area contributed by atoms with Crippen LogP contribution < -0.4 is 10.6 Å². The second-order valence-corrected chi connectivity index (χ2v) is 7.22. The first kappa shape index (κ1) is 20.9. The highest BCUT2D eigenvalue weighted by atomic mass is 16.2. The molecule has 0 aliphatic carbocycles. The average molecular weight is 422 g/mol. The van der Waals surface area contributed by atoms with E-state index in [0.717, 1.165) is 11.1 Å². The van der Waals surface area contributed by atoms with Gasteiger partial charge in [0.2, 0.25) is 5.91 Å². The Morgan fingerprint density at radius 3 is 1.94 bits per heavy atom. The highest BCUT2D eigenvalue weighted by Gasteiger charge is 2.19. The second kappa shape index (κ2) is 10.1. The third-order valence-corrected chi connectivity index (χ3v) is 4.90. The lowest BCUT2D eigenvalue weighted by atomic mass is 10.0. The Hall–Kier alpha value is -4.32. The highest BCUT2D eigenvalue weighted by molar-refractivity contribution is 5.95. The molecule has 0 radical (unpaired) electrons. The van der Waals surface area contributed by atoms with Crippen LogP contribution in [0.3, 0.4) is 0 Å². The Morgan fingerprint density at radius 1 is 0.750 bits per heavy atom. The van der Waals surface area contributed by atoms with Gasteiger partial charge in [0.1, 0.15) is 0 Å². The van der Waals surface area contributed by atoms with E-state index in [1.165, 1.54) is 0 Å². The predicted molar refractivity (Wildman–Crippen MR) is 124 cm³/mol. The maximum Gasteiger partial charge on any atom is 0.251 e. The molecular weight excluding hydrogens is 400 g/mol. The molecule has 4 rings (SSSR count). The summed E-state index contributed by atoms with van der Waals surface area (Å²) in [7, 11) is 0. The summed E-state index contributed by atoms with van der Waals surface area (Å²) in [4.78, 5) is 34.1. The van der Waals surface area contributed by atoms with Crippen LogP contribution in [0.1, 0.15) is 28.4 Å². The van der Waals surface area contributed by atoms with E-state index in [2.05, 4.69) is 20.6 Å². The standard InChI is InChI=1S/C26H22N4O2/c31-24(29-22-17-27-25(28-18-22)20-12-6-2-7-13-20)16-23(19-10-4-1-5-11-19)30-26(32)21-14-8-3-9-15-21/h1-15,17-18,23H,16H2,(H,29,31)(H,30,32). The van der Waals surface area contributed by atoms with E-state index in [1.54, 1.807) is 36.7 Å². The largest absolute Gasteiger partial charge is 0.345 e. The number of hydrogen-bond donors (Lipinski definition) is 2. The number of nitrogens with zero attached hydrogens (tertiary/aromatic N) is 2. The van der Waals surface area contributed by atoms with Crippen LogP contribution in [0, 0.1) is 0 Å². The third-order valence-electron chi connectivity index (χ3n) is 4.90. The molecule has 2 amide bonds. The van der Waals surface area contributed by atoms with Crippen LogP contribution in [0.4, 0.5) is 5.69 Å². The molecule has 32 heavy (non-hydrogen) atoms. The smallest absolute Gasteiger partial charge is 0.251 e. The number of aromatic nitrogens is 2. The maximum atomic E-state index is 12.8. The second-order valence-electron chi connectivity index (χ2n) is 7.22. The number of hydrogen-bond acceptors (Lipinski definition) is 4. The molecule has 1 heterocycles. The lowest BCUT2D eigenvalue weighted by molar-refractivity contribution is -0.116. The molecule has 4 aromatic rings. The lowest BCUT2D eigenvalue weighted by Crippen LogP contribution is -2.31. The molecule has 0 spiro atoms. The van der Waals surface area contributed by atoms with Crippen molar-refractivity contribution in [3.63, 3.8) is 0 Å². The predicted octanol–water partition coefficient (Wildman–Crippen LogP) is 4.64. The summed E-state index contributed by atoms with van der Waals surface area (Å²) in [6, 6.07) is 27.5. The Kier molecular flexibility index (Phi) is 6.63. The first-order chi connectivity index (χ1) is 15.7. The number of amides is 2. The van der Waals surface area contributed by atoms with Gasteiger partial charge in [0.05, 0.1) is 30.5 Å². The number of carbonyl (C=O) groups is 2. The Morgan fingerprint density at radius 2 is 1.31 bits per heavy atom. The van der Waals surface area contributed by atoms with Gasteiger partial charge in [0, 0.05) is 11.1 Å².